The van der Waals surface area contributed by atoms with Crippen LogP contribution in [0, 0.1) is 0 Å². The van der Waals surface area contributed by atoms with Gasteiger partial charge in [-0.2, -0.15) is 0 Å². The molecule has 0 aromatic heterocycles. The number of halogens is 1. The van der Waals surface area contributed by atoms with Gasteiger partial charge in [0.15, 0.2) is 0 Å². The highest BCUT2D eigenvalue weighted by molar-refractivity contribution is 9.12. The first-order valence-corrected chi connectivity index (χ1v) is 5.69. The average Bonchev–Trinajstić information content (AvgIpc) is 2.32. The number of nitrogens with one attached hydrogen (secondary N) is 1. The Kier molecular flexibility index (Phi) is 2.12. The summed E-state index contributed by atoms with van der Waals surface area (Å²) in [6.45, 7) is 14.5. The van der Waals surface area contributed by atoms with Gasteiger partial charge in [-0.15, -0.1) is 0 Å². The van der Waals surface area contributed by atoms with E-state index in [9.17, 15) is 0 Å². The number of nitrogens with zero attached hydrogens (tertiary/aromatic N) is 1. The maximum absolute atomic E-state index is 4.10. The Morgan fingerprint density at radius 1 is 1.40 bits per heavy atom. The van der Waals surface area contributed by atoms with Crippen molar-refractivity contribution in [2.75, 3.05) is 0 Å². The van der Waals surface area contributed by atoms with Crippen LogP contribution in [0.15, 0.2) is 46.4 Å². The Bertz CT molecular complexity index is 427. The maximum atomic E-state index is 4.10. The molecule has 0 aliphatic carbocycles. The Morgan fingerprint density at radius 3 is 2.60 bits per heavy atom. The fourth-order valence-corrected chi connectivity index (χ4v) is 2.75. The SMILES string of the molecule is C=C1NC(C)(C)N2C(=C)C(Br)=CC(C)=C12. The molecule has 3 heteroatoms. The molecule has 0 unspecified atom stereocenters. The summed E-state index contributed by atoms with van der Waals surface area (Å²) in [5, 5.41) is 3.38. The number of allylic oxidation sites excluding steroid dienone is 3. The van der Waals surface area contributed by atoms with Crippen molar-refractivity contribution in [3.63, 3.8) is 0 Å². The molecule has 2 nitrogen and oxygen atoms in total. The zero-order valence-electron chi connectivity index (χ0n) is 9.32. The molecule has 15 heavy (non-hydrogen) atoms. The van der Waals surface area contributed by atoms with Crippen LogP contribution in [0.4, 0.5) is 0 Å². The fraction of sp³-hybridized carbons (Fsp3) is 0.333. The molecule has 0 aromatic carbocycles. The van der Waals surface area contributed by atoms with Crippen LogP contribution in [0.5, 0.6) is 0 Å². The van der Waals surface area contributed by atoms with Crippen molar-refractivity contribution in [3.8, 4) is 0 Å². The van der Waals surface area contributed by atoms with Crippen LogP contribution in [0.25, 0.3) is 0 Å². The molecule has 1 saturated heterocycles. The van der Waals surface area contributed by atoms with Crippen LogP contribution in [0.3, 0.4) is 0 Å². The molecule has 0 spiro atoms. The van der Waals surface area contributed by atoms with E-state index in [0.29, 0.717) is 0 Å². The van der Waals surface area contributed by atoms with E-state index in [-0.39, 0.29) is 5.66 Å². The number of rotatable bonds is 0. The molecular weight excluding hydrogens is 252 g/mol. The van der Waals surface area contributed by atoms with E-state index in [2.05, 4.69) is 66.2 Å². The molecule has 2 rings (SSSR count). The molecular formula is C12H15BrN2. The third-order valence-electron chi connectivity index (χ3n) is 2.79. The highest BCUT2D eigenvalue weighted by atomic mass is 79.9. The lowest BCUT2D eigenvalue weighted by Gasteiger charge is -2.36. The Morgan fingerprint density at radius 2 is 2.00 bits per heavy atom. The van der Waals surface area contributed by atoms with Crippen molar-refractivity contribution < 1.29 is 0 Å². The third kappa shape index (κ3) is 1.37. The highest BCUT2D eigenvalue weighted by Gasteiger charge is 2.41. The van der Waals surface area contributed by atoms with Gasteiger partial charge < -0.3 is 10.2 Å². The molecule has 0 aromatic rings. The second-order valence-electron chi connectivity index (χ2n) is 4.47. The summed E-state index contributed by atoms with van der Waals surface area (Å²) in [6.07, 6.45) is 2.09. The molecule has 0 amide bonds. The number of hydrogen-bond donors (Lipinski definition) is 1. The lowest BCUT2D eigenvalue weighted by molar-refractivity contribution is 0.235. The lowest BCUT2D eigenvalue weighted by atomic mass is 10.1. The molecule has 0 radical (unpaired) electrons. The van der Waals surface area contributed by atoms with Crippen LogP contribution < -0.4 is 5.32 Å². The van der Waals surface area contributed by atoms with Gasteiger partial charge in [-0.25, -0.2) is 0 Å². The van der Waals surface area contributed by atoms with Gasteiger partial charge in [0.25, 0.3) is 0 Å². The topological polar surface area (TPSA) is 15.3 Å². The van der Waals surface area contributed by atoms with Crippen molar-refractivity contribution in [1.29, 1.82) is 0 Å². The van der Waals surface area contributed by atoms with Gasteiger partial charge in [0, 0.05) is 4.48 Å². The summed E-state index contributed by atoms with van der Waals surface area (Å²) in [4.78, 5) is 2.19. The van der Waals surface area contributed by atoms with Crippen LogP contribution in [-0.4, -0.2) is 10.6 Å². The van der Waals surface area contributed by atoms with Gasteiger partial charge in [0.05, 0.1) is 17.1 Å². The molecule has 1 N–H and O–H groups in total. The molecule has 2 heterocycles. The summed E-state index contributed by atoms with van der Waals surface area (Å²) in [6, 6.07) is 0. The van der Waals surface area contributed by atoms with Gasteiger partial charge >= 0.3 is 0 Å². The summed E-state index contributed by atoms with van der Waals surface area (Å²) in [5.74, 6) is 0. The normalized spacial score (nSPS) is 24.0. The summed E-state index contributed by atoms with van der Waals surface area (Å²) in [7, 11) is 0. The van der Waals surface area contributed by atoms with Crippen LogP contribution in [0.1, 0.15) is 20.8 Å². The zero-order chi connectivity index (χ0) is 11.4. The van der Waals surface area contributed by atoms with E-state index in [1.807, 2.05) is 0 Å². The Balaban J connectivity index is 2.63. The molecule has 0 atom stereocenters. The first-order chi connectivity index (χ1) is 6.84. The smallest absolute Gasteiger partial charge is 0.109 e. The van der Waals surface area contributed by atoms with Crippen molar-refractivity contribution in [1.82, 2.24) is 10.2 Å². The van der Waals surface area contributed by atoms with Crippen LogP contribution in [-0.2, 0) is 0 Å². The minimum atomic E-state index is -0.155. The van der Waals surface area contributed by atoms with Crippen molar-refractivity contribution in [2.45, 2.75) is 26.4 Å². The monoisotopic (exact) mass is 266 g/mol. The Labute approximate surface area is 99.2 Å². The van der Waals surface area contributed by atoms with Crippen LogP contribution >= 0.6 is 15.9 Å². The summed E-state index contributed by atoms with van der Waals surface area (Å²) >= 11 is 3.53. The minimum absolute atomic E-state index is 0.155. The second-order valence-corrected chi connectivity index (χ2v) is 5.32. The largest absolute Gasteiger partial charge is 0.362 e. The van der Waals surface area contributed by atoms with Gasteiger partial charge in [0.2, 0.25) is 0 Å². The Hall–Kier alpha value is -0.960. The molecule has 80 valence electrons. The van der Waals surface area contributed by atoms with Gasteiger partial charge in [-0.1, -0.05) is 13.2 Å². The fourth-order valence-electron chi connectivity index (χ4n) is 2.23. The minimum Gasteiger partial charge on any atom is -0.362 e. The van der Waals surface area contributed by atoms with E-state index >= 15 is 0 Å². The van der Waals surface area contributed by atoms with Gasteiger partial charge in [-0.05, 0) is 48.4 Å². The molecule has 0 bridgehead atoms. The zero-order valence-corrected chi connectivity index (χ0v) is 10.9. The average molecular weight is 267 g/mol. The van der Waals surface area contributed by atoms with Crippen molar-refractivity contribution >= 4 is 15.9 Å². The van der Waals surface area contributed by atoms with Crippen molar-refractivity contribution in [2.24, 2.45) is 0 Å². The van der Waals surface area contributed by atoms with E-state index < -0.39 is 0 Å². The molecule has 0 saturated carbocycles. The van der Waals surface area contributed by atoms with Gasteiger partial charge in [0.1, 0.15) is 5.66 Å². The summed E-state index contributed by atoms with van der Waals surface area (Å²) < 4.78 is 1.04. The standard InChI is InChI=1S/C12H15BrN2/c1-7-6-10(13)9(3)15-11(7)8(2)14-12(15,4)5/h6,14H,2-3H2,1,4-5H3. The van der Waals surface area contributed by atoms with E-state index in [0.717, 1.165) is 21.6 Å². The predicted octanol–water partition coefficient (Wildman–Crippen LogP) is 3.22. The van der Waals surface area contributed by atoms with Crippen LogP contribution in [0.2, 0.25) is 0 Å². The quantitative estimate of drug-likeness (QED) is 0.725. The first kappa shape index (κ1) is 10.6. The summed E-state index contributed by atoms with van der Waals surface area (Å²) in [5.41, 5.74) is 4.14. The number of fused-ring (bicyclic) bond motifs is 1. The van der Waals surface area contributed by atoms with E-state index in [1.54, 1.807) is 0 Å². The predicted molar refractivity (Wildman–Crippen MR) is 67.0 cm³/mol. The van der Waals surface area contributed by atoms with Crippen molar-refractivity contribution in [3.05, 3.63) is 46.4 Å². The highest BCUT2D eigenvalue weighted by Crippen LogP contribution is 2.42. The van der Waals surface area contributed by atoms with E-state index in [1.165, 1.54) is 5.57 Å². The second kappa shape index (κ2) is 3.01. The van der Waals surface area contributed by atoms with Gasteiger partial charge in [-0.3, -0.25) is 0 Å². The first-order valence-electron chi connectivity index (χ1n) is 4.89. The molecule has 2 aliphatic rings. The maximum Gasteiger partial charge on any atom is 0.109 e. The number of hydrogen-bond acceptors (Lipinski definition) is 2. The molecule has 2 aliphatic heterocycles. The third-order valence-corrected chi connectivity index (χ3v) is 3.47. The lowest BCUT2D eigenvalue weighted by Crippen LogP contribution is -2.45. The molecule has 1 fully saturated rings. The van der Waals surface area contributed by atoms with E-state index in [4.69, 9.17) is 0 Å².